The van der Waals surface area contributed by atoms with E-state index in [1.807, 2.05) is 0 Å². The van der Waals surface area contributed by atoms with E-state index < -0.39 is 30.2 Å². The number of aryl methyl sites for hydroxylation is 1. The summed E-state index contributed by atoms with van der Waals surface area (Å²) in [4.78, 5) is 0. The first-order chi connectivity index (χ1) is 7.73. The Kier molecular flexibility index (Phi) is 3.92. The Labute approximate surface area is 93.6 Å². The molecule has 0 bridgehead atoms. The van der Waals surface area contributed by atoms with Crippen LogP contribution in [0.4, 0.5) is 22.0 Å². The van der Waals surface area contributed by atoms with Crippen molar-refractivity contribution in [3.63, 3.8) is 0 Å². The summed E-state index contributed by atoms with van der Waals surface area (Å²) in [7, 11) is 0. The molecule has 1 atom stereocenters. The van der Waals surface area contributed by atoms with Crippen LogP contribution in [0.2, 0.25) is 0 Å². The van der Waals surface area contributed by atoms with Crippen molar-refractivity contribution in [3.05, 3.63) is 29.3 Å². The highest BCUT2D eigenvalue weighted by atomic mass is 19.4. The number of rotatable bonds is 3. The number of aliphatic hydroxyl groups is 1. The van der Waals surface area contributed by atoms with Crippen molar-refractivity contribution >= 4 is 0 Å². The van der Waals surface area contributed by atoms with Crippen molar-refractivity contribution in [2.75, 3.05) is 0 Å². The minimum absolute atomic E-state index is 0.0890. The maximum atomic E-state index is 12.3. The number of para-hydroxylation sites is 1. The zero-order valence-electron chi connectivity index (χ0n) is 8.63. The maximum absolute atomic E-state index is 12.3. The fraction of sp³-hybridized carbons (Fsp3) is 0.400. The highest BCUT2D eigenvalue weighted by Crippen LogP contribution is 2.38. The van der Waals surface area contributed by atoms with Gasteiger partial charge in [0.2, 0.25) is 0 Å². The van der Waals surface area contributed by atoms with Crippen molar-refractivity contribution in [2.24, 2.45) is 0 Å². The van der Waals surface area contributed by atoms with E-state index in [1.165, 1.54) is 19.1 Å². The van der Waals surface area contributed by atoms with Crippen LogP contribution in [0.3, 0.4) is 0 Å². The summed E-state index contributed by atoms with van der Waals surface area (Å²) in [5.41, 5.74) is -0.635. The van der Waals surface area contributed by atoms with Gasteiger partial charge in [0.15, 0.2) is 6.10 Å². The number of halogens is 5. The monoisotopic (exact) mass is 256 g/mol. The third kappa shape index (κ3) is 3.29. The smallest absolute Gasteiger partial charge is 0.418 e. The number of hydrogen-bond donors (Lipinski definition) is 1. The molecule has 2 nitrogen and oxygen atoms in total. The van der Waals surface area contributed by atoms with Crippen molar-refractivity contribution in [1.82, 2.24) is 0 Å². The molecule has 17 heavy (non-hydrogen) atoms. The predicted octanol–water partition coefficient (Wildman–Crippen LogP) is 3.19. The molecule has 1 aromatic rings. The van der Waals surface area contributed by atoms with Crippen molar-refractivity contribution in [1.29, 1.82) is 0 Å². The lowest BCUT2D eigenvalue weighted by Gasteiger charge is -2.19. The van der Waals surface area contributed by atoms with E-state index >= 15 is 0 Å². The van der Waals surface area contributed by atoms with Crippen LogP contribution in [0.25, 0.3) is 0 Å². The summed E-state index contributed by atoms with van der Waals surface area (Å²) in [6, 6.07) is 3.42. The summed E-state index contributed by atoms with van der Waals surface area (Å²) >= 11 is 0. The van der Waals surface area contributed by atoms with E-state index in [1.54, 1.807) is 0 Å². The molecule has 0 radical (unpaired) electrons. The third-order valence-corrected chi connectivity index (χ3v) is 2.05. The van der Waals surface area contributed by atoms with Crippen molar-refractivity contribution in [3.8, 4) is 5.75 Å². The van der Waals surface area contributed by atoms with Crippen LogP contribution in [-0.4, -0.2) is 17.9 Å². The Hall–Kier alpha value is -1.37. The lowest BCUT2D eigenvalue weighted by molar-refractivity contribution is -0.207. The van der Waals surface area contributed by atoms with E-state index in [4.69, 9.17) is 5.11 Å². The Bertz CT molecular complexity index is 389. The quantitative estimate of drug-likeness (QED) is 0.841. The molecule has 0 aromatic heterocycles. The van der Waals surface area contributed by atoms with Gasteiger partial charge in [-0.15, -0.1) is 0 Å². The molecule has 1 aromatic carbocycles. The summed E-state index contributed by atoms with van der Waals surface area (Å²) in [6.45, 7) is -1.94. The Morgan fingerprint density at radius 3 is 2.29 bits per heavy atom. The summed E-state index contributed by atoms with van der Waals surface area (Å²) in [5, 5.41) is 9.03. The lowest BCUT2D eigenvalue weighted by atomic mass is 10.0. The summed E-state index contributed by atoms with van der Waals surface area (Å²) in [5.74, 6) is -0.646. The fourth-order valence-corrected chi connectivity index (χ4v) is 1.32. The second-order valence-corrected chi connectivity index (χ2v) is 3.32. The predicted molar refractivity (Wildman–Crippen MR) is 48.8 cm³/mol. The van der Waals surface area contributed by atoms with Gasteiger partial charge in [-0.2, -0.15) is 22.0 Å². The fourth-order valence-electron chi connectivity index (χ4n) is 1.32. The third-order valence-electron chi connectivity index (χ3n) is 2.05. The minimum atomic E-state index is -4.94. The lowest BCUT2D eigenvalue weighted by Crippen LogP contribution is -2.21. The van der Waals surface area contributed by atoms with E-state index in [-0.39, 0.29) is 5.56 Å². The molecule has 0 aliphatic carbocycles. The van der Waals surface area contributed by atoms with Gasteiger partial charge in [0.1, 0.15) is 5.75 Å². The molecule has 0 heterocycles. The van der Waals surface area contributed by atoms with Gasteiger partial charge in [-0.3, -0.25) is 0 Å². The Morgan fingerprint density at radius 2 is 1.82 bits per heavy atom. The van der Waals surface area contributed by atoms with Crippen LogP contribution in [0, 0.1) is 6.92 Å². The molecule has 0 saturated heterocycles. The van der Waals surface area contributed by atoms with Crippen LogP contribution in [0.15, 0.2) is 18.2 Å². The van der Waals surface area contributed by atoms with Crippen molar-refractivity contribution < 1.29 is 31.8 Å². The second-order valence-electron chi connectivity index (χ2n) is 3.32. The second kappa shape index (κ2) is 4.87. The number of aliphatic hydroxyl groups excluding tert-OH is 1. The molecule has 0 fully saturated rings. The number of alkyl halides is 5. The maximum Gasteiger partial charge on any atom is 0.418 e. The van der Waals surface area contributed by atoms with Crippen LogP contribution in [-0.2, 0) is 0 Å². The number of hydrogen-bond acceptors (Lipinski definition) is 2. The molecule has 0 aliphatic heterocycles. The highest BCUT2D eigenvalue weighted by Gasteiger charge is 2.41. The van der Waals surface area contributed by atoms with Crippen LogP contribution in [0.5, 0.6) is 5.75 Å². The Balaban J connectivity index is 3.19. The van der Waals surface area contributed by atoms with Gasteiger partial charge in [0.25, 0.3) is 0 Å². The molecule has 1 rings (SSSR count). The highest BCUT2D eigenvalue weighted by molar-refractivity contribution is 5.42. The molecule has 0 amide bonds. The van der Waals surface area contributed by atoms with E-state index in [2.05, 4.69) is 4.74 Å². The molecule has 0 spiro atoms. The number of benzene rings is 1. The van der Waals surface area contributed by atoms with E-state index in [9.17, 15) is 22.0 Å². The molecule has 1 N–H and O–H groups in total. The number of ether oxygens (including phenoxy) is 1. The van der Waals surface area contributed by atoms with Gasteiger partial charge in [0, 0.05) is 5.56 Å². The standard InChI is InChI=1S/C10H9F5O2/c1-5-3-2-4-6(7(5)17-9(11)12)8(16)10(13,14)15/h2-4,8-9,16H,1H3/t8-/m0/s1. The molecule has 0 aliphatic rings. The van der Waals surface area contributed by atoms with Crippen molar-refractivity contribution in [2.45, 2.75) is 25.8 Å². The van der Waals surface area contributed by atoms with Gasteiger partial charge in [-0.1, -0.05) is 18.2 Å². The molecule has 96 valence electrons. The SMILES string of the molecule is Cc1cccc([C@H](O)C(F)(F)F)c1OC(F)F. The molecule has 0 saturated carbocycles. The summed E-state index contributed by atoms with van der Waals surface area (Å²) in [6.07, 6.45) is -7.79. The first kappa shape index (κ1) is 13.7. The van der Waals surface area contributed by atoms with Gasteiger partial charge < -0.3 is 9.84 Å². The first-order valence-electron chi connectivity index (χ1n) is 4.52. The van der Waals surface area contributed by atoms with Gasteiger partial charge in [-0.25, -0.2) is 0 Å². The van der Waals surface area contributed by atoms with Crippen LogP contribution in [0.1, 0.15) is 17.2 Å². The van der Waals surface area contributed by atoms with Crippen LogP contribution >= 0.6 is 0 Å². The molecule has 7 heteroatoms. The van der Waals surface area contributed by atoms with Gasteiger partial charge in [0.05, 0.1) is 0 Å². The van der Waals surface area contributed by atoms with Gasteiger partial charge >= 0.3 is 12.8 Å². The topological polar surface area (TPSA) is 29.5 Å². The zero-order chi connectivity index (χ0) is 13.2. The average molecular weight is 256 g/mol. The van der Waals surface area contributed by atoms with Gasteiger partial charge in [-0.05, 0) is 12.5 Å². The largest absolute Gasteiger partial charge is 0.434 e. The molecular formula is C10H9F5O2. The molecule has 0 unspecified atom stereocenters. The normalized spacial score (nSPS) is 13.9. The summed E-state index contributed by atoms with van der Waals surface area (Å²) < 4.78 is 65.0. The van der Waals surface area contributed by atoms with E-state index in [0.29, 0.717) is 0 Å². The molecular weight excluding hydrogens is 247 g/mol. The Morgan fingerprint density at radius 1 is 1.24 bits per heavy atom. The first-order valence-corrected chi connectivity index (χ1v) is 4.52. The minimum Gasteiger partial charge on any atom is -0.434 e. The van der Waals surface area contributed by atoms with E-state index in [0.717, 1.165) is 6.07 Å². The zero-order valence-corrected chi connectivity index (χ0v) is 8.63. The van der Waals surface area contributed by atoms with Crippen LogP contribution < -0.4 is 4.74 Å². The average Bonchev–Trinajstić information content (AvgIpc) is 2.18.